The fourth-order valence-electron chi connectivity index (χ4n) is 4.86. The third-order valence-electron chi connectivity index (χ3n) is 7.19. The zero-order chi connectivity index (χ0) is 29.0. The van der Waals surface area contributed by atoms with Gasteiger partial charge in [0.15, 0.2) is 5.82 Å². The molecule has 210 valence electrons. The number of alkyl halides is 2. The highest BCUT2D eigenvalue weighted by Gasteiger charge is 2.53. The number of aromatic nitrogens is 6. The molecular formula is C26H21ClF3N9O2. The van der Waals surface area contributed by atoms with E-state index in [0.29, 0.717) is 18.0 Å². The van der Waals surface area contributed by atoms with Gasteiger partial charge in [0.1, 0.15) is 11.5 Å². The fraction of sp³-hybridized carbons (Fsp3) is 0.269. The molecule has 0 radical (unpaired) electrons. The van der Waals surface area contributed by atoms with Crippen molar-refractivity contribution in [2.24, 2.45) is 11.8 Å². The van der Waals surface area contributed by atoms with Crippen LogP contribution in [0.2, 0.25) is 5.02 Å². The van der Waals surface area contributed by atoms with E-state index in [2.05, 4.69) is 30.4 Å². The maximum atomic E-state index is 14.7. The van der Waals surface area contributed by atoms with Gasteiger partial charge in [0.05, 0.1) is 41.0 Å². The number of anilines is 3. The number of benzene rings is 1. The van der Waals surface area contributed by atoms with Crippen LogP contribution in [0, 0.1) is 17.7 Å². The summed E-state index contributed by atoms with van der Waals surface area (Å²) >= 11 is 5.79. The molecule has 2 amide bonds. The van der Waals surface area contributed by atoms with Crippen molar-refractivity contribution in [3.63, 3.8) is 0 Å². The Labute approximate surface area is 235 Å². The number of carbonyl (C=O) groups excluding carboxylic acids is 2. The smallest absolute Gasteiger partial charge is 0.275 e. The maximum Gasteiger partial charge on any atom is 0.275 e. The lowest BCUT2D eigenvalue weighted by Crippen LogP contribution is -2.30. The number of amides is 2. The molecular weight excluding hydrogens is 563 g/mol. The van der Waals surface area contributed by atoms with Crippen LogP contribution >= 0.6 is 11.6 Å². The molecule has 11 nitrogen and oxygen atoms in total. The third-order valence-corrected chi connectivity index (χ3v) is 7.48. The Morgan fingerprint density at radius 3 is 2.68 bits per heavy atom. The Morgan fingerprint density at radius 2 is 1.98 bits per heavy atom. The van der Waals surface area contributed by atoms with Gasteiger partial charge in [0.25, 0.3) is 12.3 Å². The predicted molar refractivity (Wildman–Crippen MR) is 142 cm³/mol. The molecule has 1 saturated carbocycles. The van der Waals surface area contributed by atoms with Crippen molar-refractivity contribution in [2.45, 2.75) is 25.8 Å². The highest BCUT2D eigenvalue weighted by atomic mass is 35.5. The molecule has 41 heavy (non-hydrogen) atoms. The van der Waals surface area contributed by atoms with E-state index < -0.39 is 35.3 Å². The van der Waals surface area contributed by atoms with Crippen molar-refractivity contribution < 1.29 is 22.8 Å². The molecule has 0 unspecified atom stereocenters. The van der Waals surface area contributed by atoms with Gasteiger partial charge in [-0.3, -0.25) is 24.2 Å². The van der Waals surface area contributed by atoms with E-state index in [1.54, 1.807) is 18.0 Å². The van der Waals surface area contributed by atoms with Crippen molar-refractivity contribution in [1.82, 2.24) is 29.7 Å². The number of nitrogens with two attached hydrogens (primary N) is 1. The van der Waals surface area contributed by atoms with Gasteiger partial charge < -0.3 is 11.1 Å². The number of piperidine rings is 1. The first kappa shape index (κ1) is 26.6. The number of hydrogen-bond donors (Lipinski definition) is 2. The largest absolute Gasteiger partial charge is 0.383 e. The summed E-state index contributed by atoms with van der Waals surface area (Å²) < 4.78 is 43.3. The highest BCUT2D eigenvalue weighted by molar-refractivity contribution is 6.31. The minimum Gasteiger partial charge on any atom is -0.383 e. The Hall–Kier alpha value is -4.59. The topological polar surface area (TPSA) is 145 Å². The second-order valence-corrected chi connectivity index (χ2v) is 10.2. The quantitative estimate of drug-likeness (QED) is 0.328. The summed E-state index contributed by atoms with van der Waals surface area (Å²) in [7, 11) is 0. The SMILES string of the molecule is C[C@@H](c1cnc(N2C[C@H]3C[C@H]3C2=O)nc1N)n1cc(NC(=O)c2cncc(-c3c(C(F)F)ccc(Cl)c3F)n2)cn1. The summed E-state index contributed by atoms with van der Waals surface area (Å²) in [5, 5.41) is 6.50. The first-order valence-electron chi connectivity index (χ1n) is 12.5. The molecule has 1 saturated heterocycles. The van der Waals surface area contributed by atoms with Gasteiger partial charge in [-0.2, -0.15) is 10.1 Å². The van der Waals surface area contributed by atoms with E-state index in [9.17, 15) is 22.8 Å². The number of nitrogens with zero attached hydrogens (tertiary/aromatic N) is 7. The molecule has 2 fully saturated rings. The number of nitrogens with one attached hydrogen (secondary N) is 1. The number of halogens is 4. The molecule has 0 spiro atoms. The van der Waals surface area contributed by atoms with Crippen molar-refractivity contribution >= 4 is 40.9 Å². The molecule has 4 aromatic rings. The van der Waals surface area contributed by atoms with Gasteiger partial charge in [-0.25, -0.2) is 23.1 Å². The van der Waals surface area contributed by atoms with Crippen LogP contribution in [0.15, 0.2) is 43.1 Å². The molecule has 1 aromatic carbocycles. The Morgan fingerprint density at radius 1 is 1.17 bits per heavy atom. The van der Waals surface area contributed by atoms with Gasteiger partial charge in [0.2, 0.25) is 11.9 Å². The second-order valence-electron chi connectivity index (χ2n) is 9.82. The first-order valence-corrected chi connectivity index (χ1v) is 12.9. The number of nitrogen functional groups attached to an aromatic ring is 1. The summed E-state index contributed by atoms with van der Waals surface area (Å²) in [6.07, 6.45) is 4.56. The Kier molecular flexibility index (Phi) is 6.56. The summed E-state index contributed by atoms with van der Waals surface area (Å²) in [6.45, 7) is 2.40. The summed E-state index contributed by atoms with van der Waals surface area (Å²) in [4.78, 5) is 43.4. The third kappa shape index (κ3) is 4.84. The van der Waals surface area contributed by atoms with E-state index in [1.807, 2.05) is 0 Å². The first-order chi connectivity index (χ1) is 19.6. The molecule has 15 heteroatoms. The van der Waals surface area contributed by atoms with Crippen LogP contribution in [0.3, 0.4) is 0 Å². The average Bonchev–Trinajstić information content (AvgIpc) is 3.45. The van der Waals surface area contributed by atoms with E-state index in [1.165, 1.54) is 17.1 Å². The number of carbonyl (C=O) groups is 2. The predicted octanol–water partition coefficient (Wildman–Crippen LogP) is 4.29. The Bertz CT molecular complexity index is 1700. The van der Waals surface area contributed by atoms with Crippen LogP contribution in [0.4, 0.5) is 30.6 Å². The average molecular weight is 584 g/mol. The molecule has 6 rings (SSSR count). The number of fused-ring (bicyclic) bond motifs is 1. The standard InChI is InChI=1S/C26H21ClF3N9O2/c1-11(16-6-33-26(37-23(16)31)38-9-12-4-15(12)25(38)41)39-10-13(5-34-39)35-24(40)19-8-32-7-18(36-19)20-14(22(29)30)2-3-17(27)21(20)28/h2-3,5-8,10-12,15,22H,4,9H2,1H3,(H,35,40)(H2,31,33,37)/t11-,12+,15+/m0/s1. The van der Waals surface area contributed by atoms with Crippen LogP contribution < -0.4 is 16.0 Å². The number of hydrogen-bond acceptors (Lipinski definition) is 8. The fourth-order valence-corrected chi connectivity index (χ4v) is 5.02. The van der Waals surface area contributed by atoms with Crippen LogP contribution in [-0.2, 0) is 4.79 Å². The summed E-state index contributed by atoms with van der Waals surface area (Å²) in [5.41, 5.74) is 5.36. The molecule has 1 aliphatic heterocycles. The molecule has 3 aromatic heterocycles. The van der Waals surface area contributed by atoms with Crippen LogP contribution in [0.1, 0.15) is 47.4 Å². The van der Waals surface area contributed by atoms with Crippen molar-refractivity contribution in [3.05, 3.63) is 70.8 Å². The van der Waals surface area contributed by atoms with Gasteiger partial charge >= 0.3 is 0 Å². The molecule has 3 N–H and O–H groups in total. The van der Waals surface area contributed by atoms with Gasteiger partial charge in [-0.1, -0.05) is 17.7 Å². The van der Waals surface area contributed by atoms with Crippen LogP contribution in [0.5, 0.6) is 0 Å². The van der Waals surface area contributed by atoms with Crippen molar-refractivity contribution in [3.8, 4) is 11.3 Å². The lowest BCUT2D eigenvalue weighted by molar-refractivity contribution is -0.118. The van der Waals surface area contributed by atoms with E-state index in [4.69, 9.17) is 17.3 Å². The minimum atomic E-state index is -3.01. The Balaban J connectivity index is 1.18. The summed E-state index contributed by atoms with van der Waals surface area (Å²) in [6, 6.07) is 1.59. The minimum absolute atomic E-state index is 0.0186. The second kappa shape index (κ2) is 10.1. The zero-order valence-electron chi connectivity index (χ0n) is 21.3. The van der Waals surface area contributed by atoms with Gasteiger partial charge in [0, 0.05) is 41.5 Å². The number of rotatable bonds is 7. The highest BCUT2D eigenvalue weighted by Crippen LogP contribution is 2.46. The molecule has 1 aliphatic carbocycles. The maximum absolute atomic E-state index is 14.7. The van der Waals surface area contributed by atoms with Gasteiger partial charge in [-0.15, -0.1) is 0 Å². The van der Waals surface area contributed by atoms with Gasteiger partial charge in [-0.05, 0) is 25.3 Å². The molecule has 3 atom stereocenters. The van der Waals surface area contributed by atoms with Crippen LogP contribution in [-0.4, -0.2) is 48.1 Å². The molecule has 2 aliphatic rings. The molecule has 4 heterocycles. The molecule has 0 bridgehead atoms. The van der Waals surface area contributed by atoms with Crippen molar-refractivity contribution in [1.29, 1.82) is 0 Å². The van der Waals surface area contributed by atoms with E-state index >= 15 is 0 Å². The van der Waals surface area contributed by atoms with Crippen LogP contribution in [0.25, 0.3) is 11.3 Å². The van der Waals surface area contributed by atoms with Crippen molar-refractivity contribution in [2.75, 3.05) is 22.5 Å². The zero-order valence-corrected chi connectivity index (χ0v) is 22.1. The summed E-state index contributed by atoms with van der Waals surface area (Å²) in [5.74, 6) is -0.904. The lowest BCUT2D eigenvalue weighted by Gasteiger charge is -2.19. The van der Waals surface area contributed by atoms with E-state index in [-0.39, 0.29) is 45.7 Å². The monoisotopic (exact) mass is 583 g/mol. The van der Waals surface area contributed by atoms with E-state index in [0.717, 1.165) is 30.9 Å². The lowest BCUT2D eigenvalue weighted by atomic mass is 10.0. The normalized spacial score (nSPS) is 18.5.